The lowest BCUT2D eigenvalue weighted by molar-refractivity contribution is -0.858. The number of quaternary nitrogens is 1. The average molecular weight is 280 g/mol. The molecule has 0 heterocycles. The molecule has 2 N–H and O–H groups in total. The van der Waals surface area contributed by atoms with Crippen molar-refractivity contribution in [3.05, 3.63) is 0 Å². The van der Waals surface area contributed by atoms with Crippen LogP contribution in [0.15, 0.2) is 4.99 Å². The number of hydrogen-bond acceptors (Lipinski definition) is 5. The summed E-state index contributed by atoms with van der Waals surface area (Å²) in [7, 11) is 5.03. The predicted octanol–water partition coefficient (Wildman–Crippen LogP) is -0.157. The zero-order valence-electron chi connectivity index (χ0n) is 10.9. The van der Waals surface area contributed by atoms with Gasteiger partial charge in [0.1, 0.15) is 6.35 Å². The van der Waals surface area contributed by atoms with Crippen LogP contribution in [0.25, 0.3) is 0 Å². The molecule has 0 unspecified atom stereocenters. The van der Waals surface area contributed by atoms with Crippen molar-refractivity contribution in [2.45, 2.75) is 13.3 Å². The molecule has 0 aliphatic carbocycles. The highest BCUT2D eigenvalue weighted by Gasteiger charge is 2.01. The maximum Gasteiger partial charge on any atom is 0.241 e. The maximum atomic E-state index is 5.06. The standard InChI is InChI=1S/C10H22N3O2PS/c1-4-12-10(15-14-9-16-17)8-11-6-5-7-13(2)3/h11H,4-9H2,1-3H3/p+1. The number of aliphatic imine (C=N–C) groups is 1. The van der Waals surface area contributed by atoms with Gasteiger partial charge in [-0.3, -0.25) is 4.99 Å². The van der Waals surface area contributed by atoms with Crippen molar-refractivity contribution >= 4 is 25.1 Å². The second kappa shape index (κ2) is 12.3. The van der Waals surface area contributed by atoms with Gasteiger partial charge >= 0.3 is 0 Å². The van der Waals surface area contributed by atoms with Crippen LogP contribution >= 0.6 is 7.36 Å². The first kappa shape index (κ1) is 16.9. The van der Waals surface area contributed by atoms with Crippen molar-refractivity contribution in [2.24, 2.45) is 4.99 Å². The van der Waals surface area contributed by atoms with Crippen molar-refractivity contribution in [3.63, 3.8) is 0 Å². The minimum absolute atomic E-state index is 0.391. The molecular weight excluding hydrogens is 257 g/mol. The fourth-order valence-corrected chi connectivity index (χ4v) is 1.39. The van der Waals surface area contributed by atoms with Gasteiger partial charge < -0.3 is 15.1 Å². The summed E-state index contributed by atoms with van der Waals surface area (Å²) in [4.78, 5) is 15.6. The molecule has 0 atom stereocenters. The molecule has 0 aromatic carbocycles. The van der Waals surface area contributed by atoms with Crippen LogP contribution in [0.2, 0.25) is 0 Å². The number of nitrogens with zero attached hydrogens (tertiary/aromatic N) is 1. The van der Waals surface area contributed by atoms with Crippen LogP contribution in [0, 0.1) is 0 Å². The van der Waals surface area contributed by atoms with Crippen molar-refractivity contribution in [3.8, 4) is 0 Å². The molecule has 0 spiro atoms. The summed E-state index contributed by atoms with van der Waals surface area (Å²) < 4.78 is 0. The minimum Gasteiger partial charge on any atom is -0.340 e. The van der Waals surface area contributed by atoms with Crippen LogP contribution < -0.4 is 10.2 Å². The predicted molar refractivity (Wildman–Crippen MR) is 74.5 cm³/mol. The molecule has 5 nitrogen and oxygen atoms in total. The van der Waals surface area contributed by atoms with Gasteiger partial charge in [0.25, 0.3) is 0 Å². The molecule has 0 radical (unpaired) electrons. The highest BCUT2D eigenvalue weighted by molar-refractivity contribution is 7.96. The summed E-state index contributed by atoms with van der Waals surface area (Å²) in [6.07, 6.45) is 1.52. The number of hydrogen-bond donors (Lipinski definition) is 2. The molecular formula is C10H23N3O2PS+. The fourth-order valence-electron chi connectivity index (χ4n) is 1.17. The monoisotopic (exact) mass is 280 g/mol. The van der Waals surface area contributed by atoms with E-state index in [1.165, 1.54) is 4.90 Å². The van der Waals surface area contributed by atoms with Crippen LogP contribution in [0.1, 0.15) is 13.3 Å². The lowest BCUT2D eigenvalue weighted by Gasteiger charge is -2.09. The van der Waals surface area contributed by atoms with Crippen LogP contribution in [0.5, 0.6) is 0 Å². The van der Waals surface area contributed by atoms with Crippen LogP contribution in [0.4, 0.5) is 0 Å². The van der Waals surface area contributed by atoms with Crippen molar-refractivity contribution in [1.82, 2.24) is 5.32 Å². The fraction of sp³-hybridized carbons (Fsp3) is 0.900. The largest absolute Gasteiger partial charge is 0.340 e. The Bertz CT molecular complexity index is 228. The Kier molecular flexibility index (Phi) is 12.2. The first-order valence-corrected chi connectivity index (χ1v) is 7.91. The van der Waals surface area contributed by atoms with E-state index in [9.17, 15) is 0 Å². The van der Waals surface area contributed by atoms with E-state index in [1.54, 1.807) is 0 Å². The summed E-state index contributed by atoms with van der Waals surface area (Å²) in [6, 6.07) is 0. The molecule has 100 valence electrons. The summed E-state index contributed by atoms with van der Waals surface area (Å²) in [5.41, 5.74) is 0. The Morgan fingerprint density at radius 1 is 1.47 bits per heavy atom. The second-order valence-electron chi connectivity index (χ2n) is 3.81. The van der Waals surface area contributed by atoms with Crippen LogP contribution in [-0.2, 0) is 21.6 Å². The molecule has 0 rings (SSSR count). The SMILES string of the molecule is CCN=C(CNCCC[NH+](C)C)OOCP=S. The summed E-state index contributed by atoms with van der Waals surface area (Å²) in [5, 5.41) is 3.28. The van der Waals surface area contributed by atoms with Crippen LogP contribution in [-0.4, -0.2) is 52.5 Å². The zero-order chi connectivity index (χ0) is 12.9. The highest BCUT2D eigenvalue weighted by atomic mass is 32.4. The Morgan fingerprint density at radius 3 is 2.82 bits per heavy atom. The van der Waals surface area contributed by atoms with Crippen molar-refractivity contribution in [1.29, 1.82) is 0 Å². The molecule has 0 aromatic heterocycles. The van der Waals surface area contributed by atoms with Gasteiger partial charge in [0, 0.05) is 26.9 Å². The quantitative estimate of drug-likeness (QED) is 0.146. The van der Waals surface area contributed by atoms with Gasteiger partial charge in [-0.2, -0.15) is 4.89 Å². The van der Waals surface area contributed by atoms with E-state index in [0.717, 1.165) is 26.9 Å². The van der Waals surface area contributed by atoms with Gasteiger partial charge in [-0.05, 0) is 6.92 Å². The van der Waals surface area contributed by atoms with E-state index in [0.29, 0.717) is 25.3 Å². The van der Waals surface area contributed by atoms with E-state index in [4.69, 9.17) is 21.6 Å². The molecule has 0 amide bonds. The van der Waals surface area contributed by atoms with Gasteiger partial charge in [-0.25, -0.2) is 0 Å². The smallest absolute Gasteiger partial charge is 0.241 e. The average Bonchev–Trinajstić information content (AvgIpc) is 2.28. The van der Waals surface area contributed by atoms with Gasteiger partial charge in [0.2, 0.25) is 5.90 Å². The van der Waals surface area contributed by atoms with E-state index >= 15 is 0 Å². The van der Waals surface area contributed by atoms with E-state index in [-0.39, 0.29) is 0 Å². The minimum atomic E-state index is 0.391. The maximum absolute atomic E-state index is 5.06. The topological polar surface area (TPSA) is 47.3 Å². The molecule has 7 heteroatoms. The first-order valence-electron chi connectivity index (χ1n) is 5.82. The van der Waals surface area contributed by atoms with Crippen molar-refractivity contribution in [2.75, 3.05) is 46.6 Å². The molecule has 0 saturated heterocycles. The third-order valence-electron chi connectivity index (χ3n) is 1.90. The normalized spacial score (nSPS) is 12.4. The summed E-state index contributed by atoms with van der Waals surface area (Å²) >= 11 is 4.72. The van der Waals surface area contributed by atoms with E-state index in [1.807, 2.05) is 6.92 Å². The molecule has 0 fully saturated rings. The molecule has 0 aliphatic heterocycles. The van der Waals surface area contributed by atoms with Gasteiger partial charge in [0.15, 0.2) is 0 Å². The first-order chi connectivity index (χ1) is 8.20. The lowest BCUT2D eigenvalue weighted by atomic mass is 10.4. The van der Waals surface area contributed by atoms with Gasteiger partial charge in [-0.1, -0.05) is 11.8 Å². The summed E-state index contributed by atoms with van der Waals surface area (Å²) in [5.74, 6) is 0.586. The Labute approximate surface area is 110 Å². The lowest BCUT2D eigenvalue weighted by Crippen LogP contribution is -3.05. The Hall–Kier alpha value is -0.130. The molecule has 17 heavy (non-hydrogen) atoms. The third kappa shape index (κ3) is 12.1. The summed E-state index contributed by atoms with van der Waals surface area (Å²) in [6.45, 7) is 5.36. The number of nitrogens with one attached hydrogen (secondary N) is 2. The zero-order valence-corrected chi connectivity index (χ0v) is 12.6. The van der Waals surface area contributed by atoms with E-state index < -0.39 is 0 Å². The highest BCUT2D eigenvalue weighted by Crippen LogP contribution is 1.94. The van der Waals surface area contributed by atoms with Crippen LogP contribution in [0.3, 0.4) is 0 Å². The van der Waals surface area contributed by atoms with Gasteiger partial charge in [0.05, 0.1) is 27.2 Å². The molecule has 0 saturated carbocycles. The second-order valence-corrected chi connectivity index (χ2v) is 5.11. The molecule has 0 aliphatic rings. The van der Waals surface area contributed by atoms with Gasteiger partial charge in [-0.15, -0.1) is 0 Å². The molecule has 0 bridgehead atoms. The Morgan fingerprint density at radius 2 is 2.24 bits per heavy atom. The van der Waals surface area contributed by atoms with Crippen molar-refractivity contribution < 1.29 is 14.7 Å². The third-order valence-corrected chi connectivity index (χ3v) is 2.43. The Balaban J connectivity index is 3.63. The molecule has 0 aromatic rings. The van der Waals surface area contributed by atoms with E-state index in [2.05, 4.69) is 24.4 Å². The number of rotatable bonds is 10.